The van der Waals surface area contributed by atoms with Crippen LogP contribution in [0, 0.1) is 12.8 Å². The molecule has 19 heavy (non-hydrogen) atoms. The van der Waals surface area contributed by atoms with Crippen molar-refractivity contribution in [2.75, 3.05) is 13.1 Å². The minimum absolute atomic E-state index is 0.202. The van der Waals surface area contributed by atoms with Crippen molar-refractivity contribution in [1.82, 2.24) is 14.3 Å². The Morgan fingerprint density at radius 1 is 1.42 bits per heavy atom. The lowest BCUT2D eigenvalue weighted by Crippen LogP contribution is -2.35. The Bertz CT molecular complexity index is 590. The zero-order chi connectivity index (χ0) is 13.2. The molecule has 1 aliphatic heterocycles. The Morgan fingerprint density at radius 2 is 2.32 bits per heavy atom. The zero-order valence-corrected chi connectivity index (χ0v) is 11.2. The van der Waals surface area contributed by atoms with E-state index in [1.165, 1.54) is 5.56 Å². The Kier molecular flexibility index (Phi) is 3.34. The topological polar surface area (TPSA) is 37.6 Å². The lowest BCUT2D eigenvalue weighted by Gasteiger charge is -2.29. The van der Waals surface area contributed by atoms with Gasteiger partial charge in [0.05, 0.1) is 5.69 Å². The predicted molar refractivity (Wildman–Crippen MR) is 74.0 cm³/mol. The first kappa shape index (κ1) is 12.4. The summed E-state index contributed by atoms with van der Waals surface area (Å²) < 4.78 is 2.08. The molecule has 1 atom stereocenters. The Morgan fingerprint density at radius 3 is 3.16 bits per heavy atom. The van der Waals surface area contributed by atoms with Gasteiger partial charge in [0.1, 0.15) is 11.9 Å². The van der Waals surface area contributed by atoms with E-state index >= 15 is 0 Å². The van der Waals surface area contributed by atoms with Gasteiger partial charge >= 0.3 is 0 Å². The smallest absolute Gasteiger partial charge is 0.137 e. The molecular formula is C15H19N3O. The van der Waals surface area contributed by atoms with Crippen LogP contribution in [-0.4, -0.2) is 33.7 Å². The molecule has 3 heterocycles. The number of aryl methyl sites for hydroxylation is 1. The van der Waals surface area contributed by atoms with Crippen LogP contribution in [-0.2, 0) is 11.3 Å². The van der Waals surface area contributed by atoms with E-state index in [1.807, 2.05) is 6.07 Å². The molecule has 4 heteroatoms. The third-order valence-electron chi connectivity index (χ3n) is 3.77. The Balaban J connectivity index is 1.75. The number of aldehydes is 1. The van der Waals surface area contributed by atoms with Crippen LogP contribution < -0.4 is 0 Å². The number of nitrogens with zero attached hydrogens (tertiary/aromatic N) is 3. The Hall–Kier alpha value is -1.68. The van der Waals surface area contributed by atoms with Crippen molar-refractivity contribution >= 4 is 11.9 Å². The van der Waals surface area contributed by atoms with E-state index in [9.17, 15) is 4.79 Å². The number of hydrogen-bond donors (Lipinski definition) is 0. The lowest BCUT2D eigenvalue weighted by molar-refractivity contribution is -0.112. The molecule has 2 aromatic rings. The van der Waals surface area contributed by atoms with Gasteiger partial charge in [-0.1, -0.05) is 6.07 Å². The number of hydrogen-bond acceptors (Lipinski definition) is 3. The number of aromatic nitrogens is 2. The van der Waals surface area contributed by atoms with Crippen LogP contribution >= 0.6 is 0 Å². The van der Waals surface area contributed by atoms with Crippen LogP contribution in [0.2, 0.25) is 0 Å². The molecule has 0 amide bonds. The van der Waals surface area contributed by atoms with Crippen LogP contribution in [0.4, 0.5) is 0 Å². The van der Waals surface area contributed by atoms with Crippen molar-refractivity contribution in [3.63, 3.8) is 0 Å². The predicted octanol–water partition coefficient (Wildman–Crippen LogP) is 2.05. The summed E-state index contributed by atoms with van der Waals surface area (Å²) in [5, 5.41) is 0. The summed E-state index contributed by atoms with van der Waals surface area (Å²) >= 11 is 0. The quantitative estimate of drug-likeness (QED) is 0.790. The van der Waals surface area contributed by atoms with Gasteiger partial charge in [-0.05, 0) is 37.9 Å². The number of carbonyl (C=O) groups is 1. The molecule has 0 aliphatic carbocycles. The minimum atomic E-state index is 0.202. The molecule has 1 fully saturated rings. The molecule has 2 aromatic heterocycles. The highest BCUT2D eigenvalue weighted by molar-refractivity contribution is 5.54. The van der Waals surface area contributed by atoms with Gasteiger partial charge in [-0.3, -0.25) is 4.90 Å². The summed E-state index contributed by atoms with van der Waals surface area (Å²) in [5.74, 6) is 0.202. The first-order valence-corrected chi connectivity index (χ1v) is 6.86. The van der Waals surface area contributed by atoms with Crippen molar-refractivity contribution in [1.29, 1.82) is 0 Å². The average Bonchev–Trinajstić information content (AvgIpc) is 2.80. The maximum Gasteiger partial charge on any atom is 0.137 e. The molecule has 1 unspecified atom stereocenters. The maximum absolute atomic E-state index is 10.9. The normalized spacial score (nSPS) is 20.8. The SMILES string of the molecule is Cc1ccc2nc(CN3CCCC(C=O)C3)cn2c1. The molecule has 0 bridgehead atoms. The van der Waals surface area contributed by atoms with Crippen LogP contribution in [0.15, 0.2) is 24.5 Å². The number of likely N-dealkylation sites (tertiary alicyclic amines) is 1. The Labute approximate surface area is 113 Å². The number of carbonyl (C=O) groups excluding carboxylic acids is 1. The fraction of sp³-hybridized carbons (Fsp3) is 0.467. The summed E-state index contributed by atoms with van der Waals surface area (Å²) in [4.78, 5) is 17.9. The van der Waals surface area contributed by atoms with Crippen molar-refractivity contribution in [2.24, 2.45) is 5.92 Å². The van der Waals surface area contributed by atoms with Crippen molar-refractivity contribution in [3.8, 4) is 0 Å². The monoisotopic (exact) mass is 257 g/mol. The highest BCUT2D eigenvalue weighted by Gasteiger charge is 2.19. The van der Waals surface area contributed by atoms with E-state index in [4.69, 9.17) is 0 Å². The summed E-state index contributed by atoms with van der Waals surface area (Å²) in [6.45, 7) is 4.86. The summed E-state index contributed by atoms with van der Waals surface area (Å²) in [7, 11) is 0. The second-order valence-corrected chi connectivity index (χ2v) is 5.48. The molecule has 0 aromatic carbocycles. The number of rotatable bonds is 3. The summed E-state index contributed by atoms with van der Waals surface area (Å²) in [6, 6.07) is 4.12. The van der Waals surface area contributed by atoms with Gasteiger partial charge in [0.2, 0.25) is 0 Å². The fourth-order valence-electron chi connectivity index (χ4n) is 2.81. The third kappa shape index (κ3) is 2.68. The second-order valence-electron chi connectivity index (χ2n) is 5.48. The van der Waals surface area contributed by atoms with Gasteiger partial charge in [0.25, 0.3) is 0 Å². The summed E-state index contributed by atoms with van der Waals surface area (Å²) in [6.07, 6.45) is 7.42. The second kappa shape index (κ2) is 5.13. The average molecular weight is 257 g/mol. The molecule has 0 N–H and O–H groups in total. The van der Waals surface area contributed by atoms with E-state index in [1.54, 1.807) is 0 Å². The summed E-state index contributed by atoms with van der Waals surface area (Å²) in [5.41, 5.74) is 3.30. The first-order chi connectivity index (χ1) is 9.24. The van der Waals surface area contributed by atoms with E-state index in [0.717, 1.165) is 50.1 Å². The van der Waals surface area contributed by atoms with Crippen LogP contribution in [0.1, 0.15) is 24.1 Å². The van der Waals surface area contributed by atoms with Crippen molar-refractivity contribution in [3.05, 3.63) is 35.8 Å². The van der Waals surface area contributed by atoms with E-state index in [-0.39, 0.29) is 5.92 Å². The molecule has 4 nitrogen and oxygen atoms in total. The van der Waals surface area contributed by atoms with Crippen molar-refractivity contribution in [2.45, 2.75) is 26.3 Å². The van der Waals surface area contributed by atoms with E-state index in [0.29, 0.717) is 0 Å². The molecule has 1 saturated heterocycles. The van der Waals surface area contributed by atoms with Gasteiger partial charge in [-0.15, -0.1) is 0 Å². The van der Waals surface area contributed by atoms with Crippen LogP contribution in [0.5, 0.6) is 0 Å². The number of pyridine rings is 1. The number of fused-ring (bicyclic) bond motifs is 1. The zero-order valence-electron chi connectivity index (χ0n) is 11.2. The lowest BCUT2D eigenvalue weighted by atomic mass is 10.00. The minimum Gasteiger partial charge on any atom is -0.307 e. The van der Waals surface area contributed by atoms with Gasteiger partial charge in [0, 0.05) is 31.4 Å². The molecular weight excluding hydrogens is 238 g/mol. The molecule has 0 spiro atoms. The highest BCUT2D eigenvalue weighted by Crippen LogP contribution is 2.17. The first-order valence-electron chi connectivity index (χ1n) is 6.86. The largest absolute Gasteiger partial charge is 0.307 e. The standard InChI is InChI=1S/C15H19N3O/c1-12-4-5-15-16-14(10-18(15)7-12)9-17-6-2-3-13(8-17)11-19/h4-5,7,10-11,13H,2-3,6,8-9H2,1H3. The molecule has 1 aliphatic rings. The number of imidazole rings is 1. The van der Waals surface area contributed by atoms with Gasteiger partial charge in [-0.25, -0.2) is 4.98 Å². The molecule has 3 rings (SSSR count). The van der Waals surface area contributed by atoms with Gasteiger partial charge in [-0.2, -0.15) is 0 Å². The molecule has 100 valence electrons. The molecule has 0 radical (unpaired) electrons. The maximum atomic E-state index is 10.9. The van der Waals surface area contributed by atoms with E-state index in [2.05, 4.69) is 39.7 Å². The van der Waals surface area contributed by atoms with E-state index < -0.39 is 0 Å². The van der Waals surface area contributed by atoms with Gasteiger partial charge < -0.3 is 9.20 Å². The number of piperidine rings is 1. The van der Waals surface area contributed by atoms with Crippen molar-refractivity contribution < 1.29 is 4.79 Å². The van der Waals surface area contributed by atoms with Crippen LogP contribution in [0.3, 0.4) is 0 Å². The third-order valence-corrected chi connectivity index (χ3v) is 3.77. The molecule has 0 saturated carbocycles. The van der Waals surface area contributed by atoms with Crippen LogP contribution in [0.25, 0.3) is 5.65 Å². The highest BCUT2D eigenvalue weighted by atomic mass is 16.1. The fourth-order valence-corrected chi connectivity index (χ4v) is 2.81. The van der Waals surface area contributed by atoms with Gasteiger partial charge in [0.15, 0.2) is 0 Å².